The highest BCUT2D eigenvalue weighted by atomic mass is 16.2. The van der Waals surface area contributed by atoms with Crippen LogP contribution in [-0.2, 0) is 13.1 Å². The number of rotatable bonds is 8. The lowest BCUT2D eigenvalue weighted by atomic mass is 10.1. The van der Waals surface area contributed by atoms with Gasteiger partial charge in [-0.1, -0.05) is 26.0 Å². The highest BCUT2D eigenvalue weighted by Crippen LogP contribution is 2.16. The molecule has 1 aromatic carbocycles. The Balaban J connectivity index is 1.49. The van der Waals surface area contributed by atoms with Crippen LogP contribution >= 0.6 is 0 Å². The van der Waals surface area contributed by atoms with Crippen LogP contribution in [0.2, 0.25) is 0 Å². The quantitative estimate of drug-likeness (QED) is 0.599. The van der Waals surface area contributed by atoms with Crippen molar-refractivity contribution in [3.05, 3.63) is 66.5 Å². The van der Waals surface area contributed by atoms with Gasteiger partial charge in [-0.3, -0.25) is 4.68 Å². The van der Waals surface area contributed by atoms with Crippen LogP contribution in [0.3, 0.4) is 0 Å². The minimum atomic E-state index is -0.196. The van der Waals surface area contributed by atoms with Crippen molar-refractivity contribution in [3.63, 3.8) is 0 Å². The zero-order valence-corrected chi connectivity index (χ0v) is 15.8. The molecule has 27 heavy (non-hydrogen) atoms. The number of carbonyl (C=O) groups excluding carboxylic acids is 1. The summed E-state index contributed by atoms with van der Waals surface area (Å²) in [6, 6.07) is 9.59. The maximum Gasteiger partial charge on any atom is 0.319 e. The molecule has 0 saturated heterocycles. The molecule has 0 spiro atoms. The Kier molecular flexibility index (Phi) is 6.25. The lowest BCUT2D eigenvalue weighted by Gasteiger charge is -2.12. The number of imidazole rings is 1. The fourth-order valence-corrected chi connectivity index (χ4v) is 2.95. The second-order valence-corrected chi connectivity index (χ2v) is 6.77. The topological polar surface area (TPSA) is 76.8 Å². The average molecular weight is 366 g/mol. The number of urea groups is 1. The van der Waals surface area contributed by atoms with Crippen molar-refractivity contribution in [2.75, 3.05) is 11.9 Å². The fraction of sp³-hybridized carbons (Fsp3) is 0.350. The van der Waals surface area contributed by atoms with Gasteiger partial charge in [0.25, 0.3) is 0 Å². The van der Waals surface area contributed by atoms with Gasteiger partial charge >= 0.3 is 6.03 Å². The number of anilines is 1. The van der Waals surface area contributed by atoms with E-state index in [1.807, 2.05) is 47.5 Å². The number of aromatic nitrogens is 4. The molecule has 3 rings (SSSR count). The first-order valence-corrected chi connectivity index (χ1v) is 9.24. The van der Waals surface area contributed by atoms with E-state index in [1.54, 1.807) is 6.20 Å². The molecule has 142 valence electrons. The van der Waals surface area contributed by atoms with Crippen molar-refractivity contribution in [1.82, 2.24) is 24.6 Å². The molecule has 0 bridgehead atoms. The molecular weight excluding hydrogens is 340 g/mol. The van der Waals surface area contributed by atoms with E-state index in [-0.39, 0.29) is 6.03 Å². The van der Waals surface area contributed by atoms with E-state index in [4.69, 9.17) is 0 Å². The Morgan fingerprint density at radius 1 is 1.19 bits per heavy atom. The molecule has 0 aliphatic heterocycles. The molecule has 2 N–H and O–H groups in total. The van der Waals surface area contributed by atoms with Crippen molar-refractivity contribution in [3.8, 4) is 0 Å². The normalized spacial score (nSPS) is 10.9. The first-order valence-electron chi connectivity index (χ1n) is 9.24. The van der Waals surface area contributed by atoms with Crippen LogP contribution in [-0.4, -0.2) is 31.9 Å². The van der Waals surface area contributed by atoms with E-state index in [9.17, 15) is 4.79 Å². The van der Waals surface area contributed by atoms with Crippen LogP contribution < -0.4 is 10.6 Å². The molecule has 0 radical (unpaired) electrons. The molecular formula is C20H26N6O. The van der Waals surface area contributed by atoms with Gasteiger partial charge in [0.2, 0.25) is 0 Å². The van der Waals surface area contributed by atoms with Gasteiger partial charge in [0.1, 0.15) is 5.82 Å². The second kappa shape index (κ2) is 9.02. The van der Waals surface area contributed by atoms with Gasteiger partial charge in [0, 0.05) is 56.0 Å². The zero-order chi connectivity index (χ0) is 19.1. The lowest BCUT2D eigenvalue weighted by Crippen LogP contribution is -2.30. The summed E-state index contributed by atoms with van der Waals surface area (Å²) in [5.74, 6) is 1.43. The third-order valence-corrected chi connectivity index (χ3v) is 4.21. The predicted molar refractivity (Wildman–Crippen MR) is 106 cm³/mol. The Labute approximate surface area is 159 Å². The summed E-state index contributed by atoms with van der Waals surface area (Å²) in [6.45, 7) is 6.37. The highest BCUT2D eigenvalue weighted by Gasteiger charge is 2.08. The number of carbonyl (C=O) groups is 1. The minimum absolute atomic E-state index is 0.196. The first-order chi connectivity index (χ1) is 13.1. The Morgan fingerprint density at radius 3 is 2.85 bits per heavy atom. The smallest absolute Gasteiger partial charge is 0.319 e. The Bertz CT molecular complexity index is 853. The molecule has 2 amide bonds. The monoisotopic (exact) mass is 366 g/mol. The molecule has 2 heterocycles. The predicted octanol–water partition coefficient (Wildman–Crippen LogP) is 3.46. The summed E-state index contributed by atoms with van der Waals surface area (Å²) < 4.78 is 3.99. The van der Waals surface area contributed by atoms with E-state index in [0.717, 1.165) is 36.6 Å². The summed E-state index contributed by atoms with van der Waals surface area (Å²) >= 11 is 0. The lowest BCUT2D eigenvalue weighted by molar-refractivity contribution is 0.251. The van der Waals surface area contributed by atoms with E-state index in [1.165, 1.54) is 0 Å². The third kappa shape index (κ3) is 5.44. The maximum atomic E-state index is 12.1. The zero-order valence-electron chi connectivity index (χ0n) is 15.8. The SMILES string of the molecule is CC(C)c1nccn1Cc1cccc(NC(=O)NCCCn2cccn2)c1. The molecule has 2 aromatic heterocycles. The number of hydrogen-bond donors (Lipinski definition) is 2. The molecule has 0 aliphatic carbocycles. The van der Waals surface area contributed by atoms with Crippen molar-refractivity contribution >= 4 is 11.7 Å². The van der Waals surface area contributed by atoms with Crippen LogP contribution in [0.25, 0.3) is 0 Å². The number of aryl methyl sites for hydroxylation is 1. The van der Waals surface area contributed by atoms with E-state index < -0.39 is 0 Å². The first kappa shape index (κ1) is 18.7. The number of amides is 2. The van der Waals surface area contributed by atoms with Crippen LogP contribution in [0.4, 0.5) is 10.5 Å². The van der Waals surface area contributed by atoms with Gasteiger partial charge in [0.15, 0.2) is 0 Å². The average Bonchev–Trinajstić information content (AvgIpc) is 3.31. The van der Waals surface area contributed by atoms with Gasteiger partial charge in [-0.25, -0.2) is 9.78 Å². The largest absolute Gasteiger partial charge is 0.338 e. The van der Waals surface area contributed by atoms with E-state index in [2.05, 4.69) is 45.2 Å². The standard InChI is InChI=1S/C20H26N6O/c1-16(2)19-21-10-13-25(19)15-17-6-3-7-18(14-17)24-20(27)22-8-4-11-26-12-5-9-23-26/h3,5-7,9-10,12-14,16H,4,8,11,15H2,1-2H3,(H2,22,24,27). The van der Waals surface area contributed by atoms with Crippen LogP contribution in [0.15, 0.2) is 55.1 Å². The Hall–Kier alpha value is -3.09. The van der Waals surface area contributed by atoms with Gasteiger partial charge in [-0.15, -0.1) is 0 Å². The fourth-order valence-electron chi connectivity index (χ4n) is 2.95. The molecule has 0 fully saturated rings. The summed E-state index contributed by atoms with van der Waals surface area (Å²) in [4.78, 5) is 16.5. The van der Waals surface area contributed by atoms with Gasteiger partial charge in [0.05, 0.1) is 0 Å². The Morgan fingerprint density at radius 2 is 2.07 bits per heavy atom. The summed E-state index contributed by atoms with van der Waals surface area (Å²) in [7, 11) is 0. The number of nitrogens with one attached hydrogen (secondary N) is 2. The highest BCUT2D eigenvalue weighted by molar-refractivity contribution is 5.89. The van der Waals surface area contributed by atoms with Gasteiger partial charge in [-0.2, -0.15) is 5.10 Å². The van der Waals surface area contributed by atoms with Crippen LogP contribution in [0.5, 0.6) is 0 Å². The van der Waals surface area contributed by atoms with Crippen molar-refractivity contribution in [2.24, 2.45) is 0 Å². The van der Waals surface area contributed by atoms with E-state index in [0.29, 0.717) is 12.5 Å². The molecule has 7 nitrogen and oxygen atoms in total. The molecule has 7 heteroatoms. The second-order valence-electron chi connectivity index (χ2n) is 6.77. The van der Waals surface area contributed by atoms with Crippen LogP contribution in [0.1, 0.15) is 37.6 Å². The number of nitrogens with zero attached hydrogens (tertiary/aromatic N) is 4. The van der Waals surface area contributed by atoms with Crippen molar-refractivity contribution in [1.29, 1.82) is 0 Å². The van der Waals surface area contributed by atoms with Gasteiger partial charge < -0.3 is 15.2 Å². The number of hydrogen-bond acceptors (Lipinski definition) is 3. The summed E-state index contributed by atoms with van der Waals surface area (Å²) in [5.41, 5.74) is 1.90. The molecule has 0 aliphatic rings. The third-order valence-electron chi connectivity index (χ3n) is 4.21. The van der Waals surface area contributed by atoms with Crippen molar-refractivity contribution in [2.45, 2.75) is 39.3 Å². The maximum absolute atomic E-state index is 12.1. The van der Waals surface area contributed by atoms with Crippen LogP contribution in [0, 0.1) is 0 Å². The molecule has 3 aromatic rings. The molecule has 0 saturated carbocycles. The summed E-state index contributed by atoms with van der Waals surface area (Å²) in [6.07, 6.45) is 8.31. The molecule has 0 atom stereocenters. The summed E-state index contributed by atoms with van der Waals surface area (Å²) in [5, 5.41) is 9.91. The molecule has 0 unspecified atom stereocenters. The van der Waals surface area contributed by atoms with Gasteiger partial charge in [-0.05, 0) is 30.2 Å². The number of benzene rings is 1. The minimum Gasteiger partial charge on any atom is -0.338 e. The van der Waals surface area contributed by atoms with Crippen molar-refractivity contribution < 1.29 is 4.79 Å². The van der Waals surface area contributed by atoms with E-state index >= 15 is 0 Å².